The fourth-order valence-corrected chi connectivity index (χ4v) is 1.44. The van der Waals surface area contributed by atoms with Crippen LogP contribution in [0.25, 0.3) is 0 Å². The largest absolute Gasteiger partial charge is 0.480 e. The number of carboxylic acid groups (broad SMARTS) is 1. The topological polar surface area (TPSA) is 96.3 Å². The Labute approximate surface area is 105 Å². The summed E-state index contributed by atoms with van der Waals surface area (Å²) in [5.74, 6) is -1.04. The molecule has 0 spiro atoms. The molecule has 0 fully saturated rings. The highest BCUT2D eigenvalue weighted by molar-refractivity contribution is 5.82. The van der Waals surface area contributed by atoms with Crippen molar-refractivity contribution in [1.29, 1.82) is 0 Å². The molecule has 0 saturated heterocycles. The Morgan fingerprint density at radius 3 is 2.67 bits per heavy atom. The number of nitrogens with one attached hydrogen (secondary N) is 2. The molecule has 1 atom stereocenters. The summed E-state index contributed by atoms with van der Waals surface area (Å²) in [4.78, 5) is 22.2. The molecule has 18 heavy (non-hydrogen) atoms. The molecule has 0 aliphatic heterocycles. The van der Waals surface area contributed by atoms with Gasteiger partial charge in [0.2, 0.25) is 0 Å². The molecular formula is C11H18N4O3. The number of nitrogens with zero attached hydrogens (tertiary/aromatic N) is 2. The van der Waals surface area contributed by atoms with Gasteiger partial charge in [0, 0.05) is 24.8 Å². The fourth-order valence-electron chi connectivity index (χ4n) is 1.44. The van der Waals surface area contributed by atoms with Crippen LogP contribution in [0.4, 0.5) is 4.79 Å². The minimum atomic E-state index is -1.04. The van der Waals surface area contributed by atoms with Crippen molar-refractivity contribution in [2.24, 2.45) is 7.05 Å². The van der Waals surface area contributed by atoms with E-state index in [0.29, 0.717) is 13.0 Å². The quantitative estimate of drug-likeness (QED) is 0.708. The van der Waals surface area contributed by atoms with Gasteiger partial charge in [0.15, 0.2) is 0 Å². The smallest absolute Gasteiger partial charge is 0.326 e. The van der Waals surface area contributed by atoms with E-state index in [2.05, 4.69) is 15.7 Å². The van der Waals surface area contributed by atoms with Gasteiger partial charge >= 0.3 is 12.0 Å². The molecule has 0 bridgehead atoms. The lowest BCUT2D eigenvalue weighted by Gasteiger charge is -2.13. The number of amides is 2. The first-order valence-corrected chi connectivity index (χ1v) is 5.70. The molecule has 0 saturated carbocycles. The Kier molecular flexibility index (Phi) is 4.70. The van der Waals surface area contributed by atoms with E-state index in [1.807, 2.05) is 14.0 Å². The molecule has 0 aliphatic carbocycles. The molecule has 1 heterocycles. The summed E-state index contributed by atoms with van der Waals surface area (Å²) in [6.45, 7) is 3.92. The van der Waals surface area contributed by atoms with Crippen molar-refractivity contribution in [3.63, 3.8) is 0 Å². The van der Waals surface area contributed by atoms with Gasteiger partial charge in [-0.15, -0.1) is 0 Å². The Hall–Kier alpha value is -2.05. The molecule has 7 heteroatoms. The maximum Gasteiger partial charge on any atom is 0.326 e. The van der Waals surface area contributed by atoms with Crippen LogP contribution in [-0.4, -0.2) is 32.9 Å². The zero-order chi connectivity index (χ0) is 13.7. The molecule has 1 unspecified atom stereocenters. The highest BCUT2D eigenvalue weighted by atomic mass is 16.4. The average Bonchev–Trinajstić information content (AvgIpc) is 2.64. The van der Waals surface area contributed by atoms with Crippen LogP contribution in [0.15, 0.2) is 6.20 Å². The van der Waals surface area contributed by atoms with Gasteiger partial charge in [0.1, 0.15) is 6.04 Å². The second-order valence-corrected chi connectivity index (χ2v) is 4.00. The molecule has 0 radical (unpaired) electrons. The first-order valence-electron chi connectivity index (χ1n) is 5.70. The Morgan fingerprint density at radius 2 is 2.22 bits per heavy atom. The number of carbonyl (C=O) groups excluding carboxylic acids is 1. The maximum atomic E-state index is 11.5. The second-order valence-electron chi connectivity index (χ2n) is 4.00. The van der Waals surface area contributed by atoms with Crippen LogP contribution in [-0.2, 0) is 18.4 Å². The van der Waals surface area contributed by atoms with Crippen molar-refractivity contribution in [1.82, 2.24) is 20.4 Å². The van der Waals surface area contributed by atoms with Crippen molar-refractivity contribution < 1.29 is 14.7 Å². The molecule has 1 aromatic heterocycles. The van der Waals surface area contributed by atoms with E-state index >= 15 is 0 Å². The lowest BCUT2D eigenvalue weighted by atomic mass is 10.2. The van der Waals surface area contributed by atoms with E-state index in [1.165, 1.54) is 0 Å². The van der Waals surface area contributed by atoms with E-state index in [4.69, 9.17) is 5.11 Å². The van der Waals surface area contributed by atoms with E-state index < -0.39 is 18.0 Å². The number of hydrogen-bond donors (Lipinski definition) is 3. The minimum Gasteiger partial charge on any atom is -0.480 e. The van der Waals surface area contributed by atoms with Crippen molar-refractivity contribution in [2.75, 3.05) is 0 Å². The molecule has 3 N–H and O–H groups in total. The van der Waals surface area contributed by atoms with Gasteiger partial charge in [-0.05, 0) is 13.3 Å². The molecule has 1 rings (SSSR count). The fraction of sp³-hybridized carbons (Fsp3) is 0.545. The number of rotatable bonds is 5. The van der Waals surface area contributed by atoms with Crippen LogP contribution < -0.4 is 10.6 Å². The van der Waals surface area contributed by atoms with Crippen molar-refractivity contribution >= 4 is 12.0 Å². The number of aromatic nitrogens is 2. The summed E-state index contributed by atoms with van der Waals surface area (Å²) in [5, 5.41) is 17.8. The molecule has 0 aromatic carbocycles. The highest BCUT2D eigenvalue weighted by Gasteiger charge is 2.17. The molecule has 0 aliphatic rings. The SMILES string of the molecule is CCC(NC(=O)NCc1cnn(C)c1C)C(=O)O. The number of urea groups is 1. The predicted molar refractivity (Wildman–Crippen MR) is 65.0 cm³/mol. The summed E-state index contributed by atoms with van der Waals surface area (Å²) in [6.07, 6.45) is 2.01. The third kappa shape index (κ3) is 3.47. The summed E-state index contributed by atoms with van der Waals surface area (Å²) < 4.78 is 1.71. The van der Waals surface area contributed by atoms with Gasteiger partial charge in [-0.2, -0.15) is 5.10 Å². The van der Waals surface area contributed by atoms with Crippen LogP contribution in [0.5, 0.6) is 0 Å². The summed E-state index contributed by atoms with van der Waals surface area (Å²) in [6, 6.07) is -1.35. The lowest BCUT2D eigenvalue weighted by Crippen LogP contribution is -2.45. The van der Waals surface area contributed by atoms with Crippen LogP contribution in [0.3, 0.4) is 0 Å². The van der Waals surface area contributed by atoms with Crippen LogP contribution >= 0.6 is 0 Å². The minimum absolute atomic E-state index is 0.321. The van der Waals surface area contributed by atoms with Gasteiger partial charge in [0.05, 0.1) is 6.20 Å². The van der Waals surface area contributed by atoms with Crippen LogP contribution in [0.2, 0.25) is 0 Å². The van der Waals surface area contributed by atoms with Gasteiger partial charge in [-0.1, -0.05) is 6.92 Å². The van der Waals surface area contributed by atoms with E-state index in [-0.39, 0.29) is 0 Å². The standard InChI is InChI=1S/C11H18N4O3/c1-4-9(10(16)17)14-11(18)12-5-8-6-13-15(3)7(8)2/h6,9H,4-5H2,1-3H3,(H,16,17)(H2,12,14,18). The molecule has 1 aromatic rings. The third-order valence-electron chi connectivity index (χ3n) is 2.79. The monoisotopic (exact) mass is 254 g/mol. The summed E-state index contributed by atoms with van der Waals surface area (Å²) in [7, 11) is 1.82. The Morgan fingerprint density at radius 1 is 1.56 bits per heavy atom. The number of aryl methyl sites for hydroxylation is 1. The van der Waals surface area contributed by atoms with Crippen molar-refractivity contribution in [3.8, 4) is 0 Å². The molecular weight excluding hydrogens is 236 g/mol. The number of hydrogen-bond acceptors (Lipinski definition) is 3. The number of carboxylic acids is 1. The van der Waals surface area contributed by atoms with Gasteiger partial charge < -0.3 is 15.7 Å². The first kappa shape index (κ1) is 14.0. The van der Waals surface area contributed by atoms with E-state index in [1.54, 1.807) is 17.8 Å². The average molecular weight is 254 g/mol. The van der Waals surface area contributed by atoms with Crippen LogP contribution in [0, 0.1) is 6.92 Å². The van der Waals surface area contributed by atoms with Crippen molar-refractivity contribution in [2.45, 2.75) is 32.9 Å². The summed E-state index contributed by atoms with van der Waals surface area (Å²) >= 11 is 0. The second kappa shape index (κ2) is 6.04. The third-order valence-corrected chi connectivity index (χ3v) is 2.79. The van der Waals surface area contributed by atoms with E-state index in [9.17, 15) is 9.59 Å². The van der Waals surface area contributed by atoms with Crippen molar-refractivity contribution in [3.05, 3.63) is 17.5 Å². The summed E-state index contributed by atoms with van der Waals surface area (Å²) in [5.41, 5.74) is 1.86. The van der Waals surface area contributed by atoms with E-state index in [0.717, 1.165) is 11.3 Å². The zero-order valence-corrected chi connectivity index (χ0v) is 10.7. The number of carbonyl (C=O) groups is 2. The molecule has 7 nitrogen and oxygen atoms in total. The predicted octanol–water partition coefficient (Wildman–Crippen LogP) is 0.391. The zero-order valence-electron chi connectivity index (χ0n) is 10.7. The lowest BCUT2D eigenvalue weighted by molar-refractivity contribution is -0.139. The molecule has 2 amide bonds. The van der Waals surface area contributed by atoms with Crippen LogP contribution in [0.1, 0.15) is 24.6 Å². The normalized spacial score (nSPS) is 11.9. The highest BCUT2D eigenvalue weighted by Crippen LogP contribution is 2.04. The van der Waals surface area contributed by atoms with Gasteiger partial charge in [0.25, 0.3) is 0 Å². The Bertz CT molecular complexity index is 441. The molecule has 100 valence electrons. The first-order chi connectivity index (χ1) is 8.45. The Balaban J connectivity index is 2.46. The maximum absolute atomic E-state index is 11.5. The number of aliphatic carboxylic acids is 1. The van der Waals surface area contributed by atoms with Gasteiger partial charge in [-0.3, -0.25) is 4.68 Å². The van der Waals surface area contributed by atoms with Gasteiger partial charge in [-0.25, -0.2) is 9.59 Å².